The highest BCUT2D eigenvalue weighted by atomic mass is 16.5. The molecule has 1 saturated carbocycles. The van der Waals surface area contributed by atoms with Crippen molar-refractivity contribution < 1.29 is 9.53 Å². The molecule has 0 spiro atoms. The zero-order valence-electron chi connectivity index (χ0n) is 13.5. The number of hydrogen-bond acceptors (Lipinski definition) is 2. The van der Waals surface area contributed by atoms with Crippen LogP contribution in [-0.2, 0) is 9.53 Å². The molecule has 112 valence electrons. The van der Waals surface area contributed by atoms with Gasteiger partial charge in [0.1, 0.15) is 5.78 Å². The monoisotopic (exact) mass is 276 g/mol. The number of fused-ring (bicyclic) bond motifs is 1. The van der Waals surface area contributed by atoms with Gasteiger partial charge in [0, 0.05) is 12.3 Å². The minimum absolute atomic E-state index is 0.00720. The van der Waals surface area contributed by atoms with Crippen LogP contribution in [0.15, 0.2) is 24.3 Å². The lowest BCUT2D eigenvalue weighted by atomic mass is 9.58. The minimum Gasteiger partial charge on any atom is -0.369 e. The van der Waals surface area contributed by atoms with E-state index in [0.29, 0.717) is 24.0 Å². The molecule has 2 fully saturated rings. The van der Waals surface area contributed by atoms with Crippen LogP contribution in [0.5, 0.6) is 0 Å². The molecule has 0 aromatic rings. The predicted molar refractivity (Wildman–Crippen MR) is 82.5 cm³/mol. The Bertz CT molecular complexity index is 448. The van der Waals surface area contributed by atoms with Crippen molar-refractivity contribution in [2.24, 2.45) is 23.2 Å². The molecule has 1 heterocycles. The summed E-state index contributed by atoms with van der Waals surface area (Å²) in [6.45, 7) is 18.6. The Morgan fingerprint density at radius 1 is 1.30 bits per heavy atom. The van der Waals surface area contributed by atoms with Crippen LogP contribution in [0.4, 0.5) is 0 Å². The van der Waals surface area contributed by atoms with Gasteiger partial charge < -0.3 is 4.74 Å². The first-order valence-corrected chi connectivity index (χ1v) is 7.69. The van der Waals surface area contributed by atoms with Gasteiger partial charge in [0.15, 0.2) is 0 Å². The molecule has 1 aliphatic heterocycles. The van der Waals surface area contributed by atoms with Crippen molar-refractivity contribution in [3.05, 3.63) is 24.3 Å². The molecular formula is C18H28O2. The van der Waals surface area contributed by atoms with Gasteiger partial charge >= 0.3 is 0 Å². The van der Waals surface area contributed by atoms with Gasteiger partial charge in [-0.3, -0.25) is 4.79 Å². The molecule has 0 aromatic heterocycles. The van der Waals surface area contributed by atoms with Crippen LogP contribution in [0.1, 0.15) is 47.5 Å². The lowest BCUT2D eigenvalue weighted by Crippen LogP contribution is -2.48. The maximum absolute atomic E-state index is 12.8. The molecule has 20 heavy (non-hydrogen) atoms. The van der Waals surface area contributed by atoms with Gasteiger partial charge in [-0.25, -0.2) is 0 Å². The quantitative estimate of drug-likeness (QED) is 0.723. The molecule has 1 saturated heterocycles. The van der Waals surface area contributed by atoms with Crippen molar-refractivity contribution in [1.29, 1.82) is 0 Å². The van der Waals surface area contributed by atoms with Crippen molar-refractivity contribution in [2.45, 2.75) is 59.7 Å². The van der Waals surface area contributed by atoms with E-state index in [1.54, 1.807) is 0 Å². The Labute approximate surface area is 123 Å². The normalized spacial score (nSPS) is 40.8. The first-order chi connectivity index (χ1) is 9.19. The molecule has 2 rings (SSSR count). The fourth-order valence-electron chi connectivity index (χ4n) is 4.17. The summed E-state index contributed by atoms with van der Waals surface area (Å²) >= 11 is 0. The maximum atomic E-state index is 12.8. The topological polar surface area (TPSA) is 26.3 Å². The number of ketones is 1. The SMILES string of the molecule is C=C(C)[C@H]1CC(=O)[C@]2(C)[C@H](C1)[C@@H](C(=C)C)O[C@H]2C(C)C. The zero-order valence-corrected chi connectivity index (χ0v) is 13.5. The Kier molecular flexibility index (Phi) is 3.98. The molecule has 1 aliphatic carbocycles. The largest absolute Gasteiger partial charge is 0.369 e. The number of carbonyl (C=O) groups excluding carboxylic acids is 1. The number of ether oxygens (including phenoxy) is 1. The smallest absolute Gasteiger partial charge is 0.142 e. The van der Waals surface area contributed by atoms with Crippen LogP contribution < -0.4 is 0 Å². The van der Waals surface area contributed by atoms with Crippen molar-refractivity contribution in [1.82, 2.24) is 0 Å². The first kappa shape index (κ1) is 15.5. The Balaban J connectivity index is 2.41. The van der Waals surface area contributed by atoms with Gasteiger partial charge in [-0.1, -0.05) is 38.2 Å². The van der Waals surface area contributed by atoms with Crippen molar-refractivity contribution in [2.75, 3.05) is 0 Å². The van der Waals surface area contributed by atoms with Gasteiger partial charge in [0.2, 0.25) is 0 Å². The highest BCUT2D eigenvalue weighted by molar-refractivity contribution is 5.87. The summed E-state index contributed by atoms with van der Waals surface area (Å²) < 4.78 is 6.28. The molecule has 0 N–H and O–H groups in total. The summed E-state index contributed by atoms with van der Waals surface area (Å²) in [5, 5.41) is 0. The second-order valence-corrected chi connectivity index (χ2v) is 7.36. The summed E-state index contributed by atoms with van der Waals surface area (Å²) in [5.41, 5.74) is 1.80. The third-order valence-corrected chi connectivity index (χ3v) is 5.38. The Morgan fingerprint density at radius 3 is 2.35 bits per heavy atom. The second kappa shape index (κ2) is 5.14. The highest BCUT2D eigenvalue weighted by Gasteiger charge is 2.60. The van der Waals surface area contributed by atoms with Crippen LogP contribution in [0.2, 0.25) is 0 Å². The molecule has 0 bridgehead atoms. The second-order valence-electron chi connectivity index (χ2n) is 7.36. The van der Waals surface area contributed by atoms with Gasteiger partial charge in [0.05, 0.1) is 17.6 Å². The average Bonchev–Trinajstić information content (AvgIpc) is 2.64. The maximum Gasteiger partial charge on any atom is 0.142 e. The van der Waals surface area contributed by atoms with Crippen LogP contribution in [0.3, 0.4) is 0 Å². The van der Waals surface area contributed by atoms with E-state index < -0.39 is 0 Å². The molecule has 2 aliphatic rings. The van der Waals surface area contributed by atoms with E-state index >= 15 is 0 Å². The van der Waals surface area contributed by atoms with Crippen LogP contribution >= 0.6 is 0 Å². The molecule has 2 nitrogen and oxygen atoms in total. The number of Topliss-reactive ketones (excluding diaryl/α,β-unsaturated/α-hetero) is 1. The number of carbonyl (C=O) groups is 1. The van der Waals surface area contributed by atoms with Gasteiger partial charge in [-0.15, -0.1) is 0 Å². The summed E-state index contributed by atoms with van der Waals surface area (Å²) in [6.07, 6.45) is 1.64. The summed E-state index contributed by atoms with van der Waals surface area (Å²) in [6, 6.07) is 0. The lowest BCUT2D eigenvalue weighted by molar-refractivity contribution is -0.138. The van der Waals surface area contributed by atoms with Crippen LogP contribution in [-0.4, -0.2) is 18.0 Å². The number of allylic oxidation sites excluding steroid dienone is 1. The number of hydrogen-bond donors (Lipinski definition) is 0. The molecule has 0 radical (unpaired) electrons. The molecule has 2 heteroatoms. The van der Waals surface area contributed by atoms with E-state index in [1.807, 2.05) is 13.8 Å². The van der Waals surface area contributed by atoms with E-state index in [-0.39, 0.29) is 23.5 Å². The molecule has 0 amide bonds. The third-order valence-electron chi connectivity index (χ3n) is 5.38. The Hall–Kier alpha value is -0.890. The summed E-state index contributed by atoms with van der Waals surface area (Å²) in [4.78, 5) is 12.8. The van der Waals surface area contributed by atoms with Crippen molar-refractivity contribution in [3.63, 3.8) is 0 Å². The summed E-state index contributed by atoms with van der Waals surface area (Å²) in [7, 11) is 0. The van der Waals surface area contributed by atoms with E-state index in [0.717, 1.165) is 17.6 Å². The first-order valence-electron chi connectivity index (χ1n) is 7.69. The average molecular weight is 276 g/mol. The van der Waals surface area contributed by atoms with Gasteiger partial charge in [-0.05, 0) is 39.0 Å². The predicted octanol–water partition coefficient (Wildman–Crippen LogP) is 4.16. The van der Waals surface area contributed by atoms with Crippen molar-refractivity contribution >= 4 is 5.78 Å². The van der Waals surface area contributed by atoms with Gasteiger partial charge in [0.25, 0.3) is 0 Å². The minimum atomic E-state index is -0.357. The summed E-state index contributed by atoms with van der Waals surface area (Å²) in [5.74, 6) is 1.24. The number of rotatable bonds is 3. The third kappa shape index (κ3) is 2.18. The van der Waals surface area contributed by atoms with E-state index in [9.17, 15) is 4.79 Å². The standard InChI is InChI=1S/C18H28O2/c1-10(2)13-8-14-16(11(3)4)20-17(12(5)6)18(14,7)15(19)9-13/h12-14,16-17H,1,3,8-9H2,2,4-7H3/t13-,14-,16-,17+,18+/m1/s1. The van der Waals surface area contributed by atoms with E-state index in [2.05, 4.69) is 33.9 Å². The van der Waals surface area contributed by atoms with Crippen LogP contribution in [0, 0.1) is 23.2 Å². The van der Waals surface area contributed by atoms with Crippen molar-refractivity contribution in [3.8, 4) is 0 Å². The van der Waals surface area contributed by atoms with Crippen LogP contribution in [0.25, 0.3) is 0 Å². The fourth-order valence-corrected chi connectivity index (χ4v) is 4.17. The van der Waals surface area contributed by atoms with E-state index in [4.69, 9.17) is 4.74 Å². The molecule has 5 atom stereocenters. The van der Waals surface area contributed by atoms with E-state index in [1.165, 1.54) is 0 Å². The zero-order chi connectivity index (χ0) is 15.2. The molecular weight excluding hydrogens is 248 g/mol. The van der Waals surface area contributed by atoms with Gasteiger partial charge in [-0.2, -0.15) is 0 Å². The molecule has 0 unspecified atom stereocenters. The lowest BCUT2D eigenvalue weighted by Gasteiger charge is -2.42. The fraction of sp³-hybridized carbons (Fsp3) is 0.722. The highest BCUT2D eigenvalue weighted by Crippen LogP contribution is 2.55. The molecule has 0 aromatic carbocycles. The Morgan fingerprint density at radius 2 is 1.90 bits per heavy atom.